The van der Waals surface area contributed by atoms with Gasteiger partial charge in [0.2, 0.25) is 6.29 Å². The second kappa shape index (κ2) is 10.1. The van der Waals surface area contributed by atoms with Crippen LogP contribution in [-0.4, -0.2) is 33.4 Å². The lowest BCUT2D eigenvalue weighted by Crippen LogP contribution is -2.12. The van der Waals surface area contributed by atoms with Crippen molar-refractivity contribution in [2.45, 2.75) is 44.7 Å². The molecule has 0 amide bonds. The first-order valence-corrected chi connectivity index (χ1v) is 8.05. The summed E-state index contributed by atoms with van der Waals surface area (Å²) in [6.07, 6.45) is 7.70. The van der Waals surface area contributed by atoms with Gasteiger partial charge in [-0.25, -0.2) is 0 Å². The molecule has 0 saturated heterocycles. The fraction of sp³-hybridized carbons (Fsp3) is 0.556. The summed E-state index contributed by atoms with van der Waals surface area (Å²) < 4.78 is 26.6. The van der Waals surface area contributed by atoms with Crippen molar-refractivity contribution in [2.75, 3.05) is 20.8 Å². The summed E-state index contributed by atoms with van der Waals surface area (Å²) in [5.41, 5.74) is 1.16. The normalized spacial score (nSPS) is 14.0. The smallest absolute Gasteiger partial charge is 0.243 e. The highest BCUT2D eigenvalue weighted by molar-refractivity contribution is 5.27. The number of hydrogen-bond acceptors (Lipinski definition) is 5. The Hall–Kier alpha value is -1.72. The van der Waals surface area contributed by atoms with E-state index < -0.39 is 0 Å². The predicted octanol–water partition coefficient (Wildman–Crippen LogP) is 3.63. The molecule has 1 aromatic carbocycles. The fourth-order valence-corrected chi connectivity index (χ4v) is 2.39. The van der Waals surface area contributed by atoms with E-state index in [-0.39, 0.29) is 12.6 Å². The van der Waals surface area contributed by atoms with Gasteiger partial charge in [-0.1, -0.05) is 12.1 Å². The summed E-state index contributed by atoms with van der Waals surface area (Å²) in [6.45, 7) is 0.725. The number of rotatable bonds is 11. The van der Waals surface area contributed by atoms with Gasteiger partial charge in [0, 0.05) is 20.6 Å². The molecule has 1 aliphatic heterocycles. The molecular weight excluding hydrogens is 296 g/mol. The average Bonchev–Trinajstić information content (AvgIpc) is 3.09. The number of methoxy groups -OCH3 is 2. The SMILES string of the molecule is COC(CCCCCOc1ccc(CC2OC=CO2)cc1)OC. The zero-order chi connectivity index (χ0) is 16.3. The van der Waals surface area contributed by atoms with Crippen molar-refractivity contribution in [3.8, 4) is 5.75 Å². The molecule has 0 fully saturated rings. The maximum Gasteiger partial charge on any atom is 0.243 e. The van der Waals surface area contributed by atoms with E-state index in [0.717, 1.165) is 50.0 Å². The van der Waals surface area contributed by atoms with Gasteiger partial charge in [-0.3, -0.25) is 0 Å². The van der Waals surface area contributed by atoms with Crippen LogP contribution in [0.15, 0.2) is 36.8 Å². The number of unbranched alkanes of at least 4 members (excludes halogenated alkanes) is 2. The minimum Gasteiger partial charge on any atom is -0.494 e. The molecule has 0 unspecified atom stereocenters. The summed E-state index contributed by atoms with van der Waals surface area (Å²) >= 11 is 0. The molecule has 5 heteroatoms. The Morgan fingerprint density at radius 2 is 1.65 bits per heavy atom. The van der Waals surface area contributed by atoms with Gasteiger partial charge in [-0.05, 0) is 43.4 Å². The lowest BCUT2D eigenvalue weighted by Gasteiger charge is -2.13. The van der Waals surface area contributed by atoms with E-state index in [1.165, 1.54) is 0 Å². The maximum atomic E-state index is 5.75. The monoisotopic (exact) mass is 322 g/mol. The van der Waals surface area contributed by atoms with Gasteiger partial charge >= 0.3 is 0 Å². The quantitative estimate of drug-likeness (QED) is 0.460. The third-order valence-electron chi connectivity index (χ3n) is 3.72. The van der Waals surface area contributed by atoms with Crippen LogP contribution in [0.25, 0.3) is 0 Å². The lowest BCUT2D eigenvalue weighted by atomic mass is 10.1. The zero-order valence-corrected chi connectivity index (χ0v) is 13.9. The minimum atomic E-state index is -0.204. The third kappa shape index (κ3) is 6.50. The summed E-state index contributed by atoms with van der Waals surface area (Å²) in [5, 5.41) is 0. The molecule has 0 aliphatic carbocycles. The van der Waals surface area contributed by atoms with Crippen LogP contribution in [0.5, 0.6) is 5.75 Å². The third-order valence-corrected chi connectivity index (χ3v) is 3.72. The first-order valence-electron chi connectivity index (χ1n) is 8.05. The Bertz CT molecular complexity index is 445. The Labute approximate surface area is 138 Å². The van der Waals surface area contributed by atoms with E-state index in [9.17, 15) is 0 Å². The van der Waals surface area contributed by atoms with Crippen LogP contribution in [0, 0.1) is 0 Å². The Kier molecular flexibility index (Phi) is 7.77. The average molecular weight is 322 g/mol. The standard InChI is InChI=1S/C18H26O5/c1-19-17(20-2)6-4-3-5-11-21-16-9-7-15(8-10-16)14-18-22-12-13-23-18/h7-10,12-13,17-18H,3-6,11,14H2,1-2H3. The molecular formula is C18H26O5. The van der Waals surface area contributed by atoms with Crippen LogP contribution >= 0.6 is 0 Å². The lowest BCUT2D eigenvalue weighted by molar-refractivity contribution is -0.107. The molecule has 5 nitrogen and oxygen atoms in total. The van der Waals surface area contributed by atoms with Crippen molar-refractivity contribution < 1.29 is 23.7 Å². The van der Waals surface area contributed by atoms with Crippen molar-refractivity contribution in [3.63, 3.8) is 0 Å². The van der Waals surface area contributed by atoms with Crippen molar-refractivity contribution in [1.29, 1.82) is 0 Å². The molecule has 1 aliphatic rings. The van der Waals surface area contributed by atoms with Gasteiger partial charge in [-0.15, -0.1) is 0 Å². The molecule has 0 aromatic heterocycles. The fourth-order valence-electron chi connectivity index (χ4n) is 2.39. The maximum absolute atomic E-state index is 5.75. The molecule has 2 rings (SSSR count). The Morgan fingerprint density at radius 1 is 0.957 bits per heavy atom. The van der Waals surface area contributed by atoms with Crippen molar-refractivity contribution in [1.82, 2.24) is 0 Å². The van der Waals surface area contributed by atoms with Crippen LogP contribution in [0.3, 0.4) is 0 Å². The molecule has 128 valence electrons. The molecule has 23 heavy (non-hydrogen) atoms. The largest absolute Gasteiger partial charge is 0.494 e. The van der Waals surface area contributed by atoms with Gasteiger partial charge < -0.3 is 23.7 Å². The number of ether oxygens (including phenoxy) is 5. The first kappa shape index (κ1) is 17.6. The Balaban J connectivity index is 1.57. The molecule has 0 N–H and O–H groups in total. The molecule has 0 radical (unpaired) electrons. The predicted molar refractivity (Wildman–Crippen MR) is 87.0 cm³/mol. The molecule has 0 atom stereocenters. The van der Waals surface area contributed by atoms with Crippen LogP contribution in [0.1, 0.15) is 31.2 Å². The number of benzene rings is 1. The second-order valence-electron chi connectivity index (χ2n) is 5.42. The molecule has 0 spiro atoms. The van der Waals surface area contributed by atoms with Crippen LogP contribution < -0.4 is 4.74 Å². The summed E-state index contributed by atoms with van der Waals surface area (Å²) in [6, 6.07) is 8.07. The zero-order valence-electron chi connectivity index (χ0n) is 13.9. The van der Waals surface area contributed by atoms with E-state index in [2.05, 4.69) is 0 Å². The van der Waals surface area contributed by atoms with Crippen LogP contribution in [-0.2, 0) is 25.4 Å². The van der Waals surface area contributed by atoms with Gasteiger partial charge in [-0.2, -0.15) is 0 Å². The van der Waals surface area contributed by atoms with Gasteiger partial charge in [0.15, 0.2) is 6.29 Å². The molecule has 1 heterocycles. The summed E-state index contributed by atoms with van der Waals surface area (Å²) in [5.74, 6) is 0.895. The van der Waals surface area contributed by atoms with Crippen molar-refractivity contribution in [3.05, 3.63) is 42.4 Å². The topological polar surface area (TPSA) is 46.2 Å². The van der Waals surface area contributed by atoms with Gasteiger partial charge in [0.05, 0.1) is 6.61 Å². The first-order chi connectivity index (χ1) is 11.3. The minimum absolute atomic E-state index is 0.0912. The van der Waals surface area contributed by atoms with Crippen LogP contribution in [0.2, 0.25) is 0 Å². The highest BCUT2D eigenvalue weighted by atomic mass is 16.7. The van der Waals surface area contributed by atoms with Gasteiger partial charge in [0.25, 0.3) is 0 Å². The van der Waals surface area contributed by atoms with E-state index >= 15 is 0 Å². The van der Waals surface area contributed by atoms with E-state index in [0.29, 0.717) is 0 Å². The second-order valence-corrected chi connectivity index (χ2v) is 5.42. The van der Waals surface area contributed by atoms with Crippen molar-refractivity contribution in [2.24, 2.45) is 0 Å². The summed E-state index contributed by atoms with van der Waals surface area (Å²) in [7, 11) is 3.34. The molecule has 0 bridgehead atoms. The summed E-state index contributed by atoms with van der Waals surface area (Å²) in [4.78, 5) is 0. The molecule has 0 saturated carbocycles. The van der Waals surface area contributed by atoms with E-state index in [1.54, 1.807) is 26.7 Å². The Morgan fingerprint density at radius 3 is 2.30 bits per heavy atom. The highest BCUT2D eigenvalue weighted by Gasteiger charge is 2.12. The van der Waals surface area contributed by atoms with Crippen molar-refractivity contribution >= 4 is 0 Å². The number of hydrogen-bond donors (Lipinski definition) is 0. The van der Waals surface area contributed by atoms with Crippen LogP contribution in [0.4, 0.5) is 0 Å². The highest BCUT2D eigenvalue weighted by Crippen LogP contribution is 2.17. The molecule has 1 aromatic rings. The van der Waals surface area contributed by atoms with E-state index in [1.807, 2.05) is 24.3 Å². The van der Waals surface area contributed by atoms with Gasteiger partial charge in [0.1, 0.15) is 18.3 Å². The van der Waals surface area contributed by atoms with E-state index in [4.69, 9.17) is 23.7 Å².